The summed E-state index contributed by atoms with van der Waals surface area (Å²) in [5, 5.41) is 5.18. The maximum atomic E-state index is 13.1. The smallest absolute Gasteiger partial charge is 0.261 e. The molecule has 2 amide bonds. The van der Waals surface area contributed by atoms with Crippen LogP contribution in [0.25, 0.3) is 0 Å². The molecule has 0 atom stereocenters. The zero-order valence-electron chi connectivity index (χ0n) is 11.8. The molecular formula is C15H14BrFN2O2S. The number of carbonyl (C=O) groups is 2. The SMILES string of the molecule is Cc1ccc(C(=O)NCC(=O)NCc2cc(F)ccc2Br)s1. The molecule has 0 saturated heterocycles. The Hall–Kier alpha value is -1.73. The zero-order valence-corrected chi connectivity index (χ0v) is 14.2. The molecule has 0 unspecified atom stereocenters. The number of halogens is 2. The third-order valence-electron chi connectivity index (χ3n) is 2.86. The van der Waals surface area contributed by atoms with Crippen LogP contribution in [-0.2, 0) is 11.3 Å². The minimum absolute atomic E-state index is 0.122. The summed E-state index contributed by atoms with van der Waals surface area (Å²) in [7, 11) is 0. The van der Waals surface area contributed by atoms with Crippen LogP contribution in [0.3, 0.4) is 0 Å². The van der Waals surface area contributed by atoms with Gasteiger partial charge in [-0.1, -0.05) is 15.9 Å². The van der Waals surface area contributed by atoms with Crippen LogP contribution < -0.4 is 10.6 Å². The average molecular weight is 385 g/mol. The molecule has 7 heteroatoms. The van der Waals surface area contributed by atoms with Crippen molar-refractivity contribution in [2.75, 3.05) is 6.54 Å². The molecule has 0 spiro atoms. The number of hydrogen-bond acceptors (Lipinski definition) is 3. The van der Waals surface area contributed by atoms with E-state index in [4.69, 9.17) is 0 Å². The standard InChI is InChI=1S/C15H14BrFN2O2S/c1-9-2-5-13(22-9)15(21)19-8-14(20)18-7-10-6-11(17)3-4-12(10)16/h2-6H,7-8H2,1H3,(H,18,20)(H,19,21). The fraction of sp³-hybridized carbons (Fsp3) is 0.200. The number of carbonyl (C=O) groups excluding carboxylic acids is 2. The number of nitrogens with one attached hydrogen (secondary N) is 2. The first kappa shape index (κ1) is 16.6. The van der Waals surface area contributed by atoms with Gasteiger partial charge in [0.25, 0.3) is 5.91 Å². The molecule has 2 N–H and O–H groups in total. The summed E-state index contributed by atoms with van der Waals surface area (Å²) in [5.74, 6) is -0.980. The predicted molar refractivity (Wildman–Crippen MR) is 87.3 cm³/mol. The maximum Gasteiger partial charge on any atom is 0.261 e. The molecule has 0 aliphatic heterocycles. The summed E-state index contributed by atoms with van der Waals surface area (Å²) in [6, 6.07) is 7.83. The van der Waals surface area contributed by atoms with Crippen molar-refractivity contribution in [3.63, 3.8) is 0 Å². The molecule has 0 bridgehead atoms. The Morgan fingerprint density at radius 3 is 2.68 bits per heavy atom. The molecule has 1 heterocycles. The van der Waals surface area contributed by atoms with E-state index in [1.807, 2.05) is 13.0 Å². The van der Waals surface area contributed by atoms with Crippen molar-refractivity contribution < 1.29 is 14.0 Å². The minimum atomic E-state index is -0.367. The van der Waals surface area contributed by atoms with Gasteiger partial charge in [0.15, 0.2) is 0 Å². The third-order valence-corrected chi connectivity index (χ3v) is 4.63. The van der Waals surface area contributed by atoms with Crippen LogP contribution in [0.5, 0.6) is 0 Å². The summed E-state index contributed by atoms with van der Waals surface area (Å²) in [4.78, 5) is 25.1. The Bertz CT molecular complexity index is 703. The highest BCUT2D eigenvalue weighted by Gasteiger charge is 2.10. The van der Waals surface area contributed by atoms with Gasteiger partial charge in [-0.2, -0.15) is 0 Å². The van der Waals surface area contributed by atoms with Gasteiger partial charge in [-0.3, -0.25) is 9.59 Å². The fourth-order valence-electron chi connectivity index (χ4n) is 1.74. The van der Waals surface area contributed by atoms with Gasteiger partial charge in [-0.15, -0.1) is 11.3 Å². The summed E-state index contributed by atoms with van der Waals surface area (Å²) in [6.07, 6.45) is 0. The highest BCUT2D eigenvalue weighted by molar-refractivity contribution is 9.10. The first-order valence-corrected chi connectivity index (χ1v) is 8.12. The largest absolute Gasteiger partial charge is 0.350 e. The Labute approximate surface area is 139 Å². The van der Waals surface area contributed by atoms with Crippen molar-refractivity contribution >= 4 is 39.1 Å². The molecule has 1 aromatic heterocycles. The van der Waals surface area contributed by atoms with E-state index in [1.54, 1.807) is 12.1 Å². The molecule has 4 nitrogen and oxygen atoms in total. The van der Waals surface area contributed by atoms with Gasteiger partial charge in [-0.05, 0) is 42.8 Å². The number of rotatable bonds is 5. The van der Waals surface area contributed by atoms with Crippen molar-refractivity contribution in [3.8, 4) is 0 Å². The second kappa shape index (κ2) is 7.51. The number of benzene rings is 1. The van der Waals surface area contributed by atoms with Gasteiger partial charge in [0.05, 0.1) is 11.4 Å². The first-order valence-electron chi connectivity index (χ1n) is 6.51. The molecule has 0 aliphatic rings. The lowest BCUT2D eigenvalue weighted by atomic mass is 10.2. The molecular weight excluding hydrogens is 371 g/mol. The molecule has 0 fully saturated rings. The normalized spacial score (nSPS) is 10.3. The van der Waals surface area contributed by atoms with Crippen LogP contribution in [0.15, 0.2) is 34.8 Å². The van der Waals surface area contributed by atoms with Crippen LogP contribution in [0, 0.1) is 12.7 Å². The molecule has 2 aromatic rings. The van der Waals surface area contributed by atoms with Crippen LogP contribution in [-0.4, -0.2) is 18.4 Å². The predicted octanol–water partition coefficient (Wildman–Crippen LogP) is 3.00. The maximum absolute atomic E-state index is 13.1. The van der Waals surface area contributed by atoms with E-state index >= 15 is 0 Å². The lowest BCUT2D eigenvalue weighted by Crippen LogP contribution is -2.36. The number of thiophene rings is 1. The number of hydrogen-bond donors (Lipinski definition) is 2. The summed E-state index contributed by atoms with van der Waals surface area (Å²) >= 11 is 4.66. The summed E-state index contributed by atoms with van der Waals surface area (Å²) < 4.78 is 13.8. The van der Waals surface area contributed by atoms with Gasteiger partial charge in [0, 0.05) is 15.9 Å². The van der Waals surface area contributed by atoms with Gasteiger partial charge >= 0.3 is 0 Å². The van der Waals surface area contributed by atoms with Crippen molar-refractivity contribution in [3.05, 3.63) is 55.9 Å². The van der Waals surface area contributed by atoms with Crippen LogP contribution in [0.4, 0.5) is 4.39 Å². The first-order chi connectivity index (χ1) is 10.5. The van der Waals surface area contributed by atoms with Crippen molar-refractivity contribution in [1.82, 2.24) is 10.6 Å². The number of amides is 2. The fourth-order valence-corrected chi connectivity index (χ4v) is 2.91. The Balaban J connectivity index is 1.81. The molecule has 2 rings (SSSR count). The van der Waals surface area contributed by atoms with E-state index in [0.717, 1.165) is 4.88 Å². The summed E-state index contributed by atoms with van der Waals surface area (Å²) in [6.45, 7) is 1.97. The molecule has 22 heavy (non-hydrogen) atoms. The quantitative estimate of drug-likeness (QED) is 0.832. The monoisotopic (exact) mass is 384 g/mol. The van der Waals surface area contributed by atoms with Crippen molar-refractivity contribution in [2.45, 2.75) is 13.5 Å². The number of aryl methyl sites for hydroxylation is 1. The van der Waals surface area contributed by atoms with E-state index in [1.165, 1.54) is 23.5 Å². The summed E-state index contributed by atoms with van der Waals surface area (Å²) in [5.41, 5.74) is 0.633. The van der Waals surface area contributed by atoms with Gasteiger partial charge in [0.2, 0.25) is 5.91 Å². The Morgan fingerprint density at radius 2 is 2.00 bits per heavy atom. The van der Waals surface area contributed by atoms with E-state index in [9.17, 15) is 14.0 Å². The van der Waals surface area contributed by atoms with Crippen molar-refractivity contribution in [2.24, 2.45) is 0 Å². The highest BCUT2D eigenvalue weighted by Crippen LogP contribution is 2.17. The van der Waals surface area contributed by atoms with E-state index in [0.29, 0.717) is 14.9 Å². The van der Waals surface area contributed by atoms with Crippen LogP contribution in [0.1, 0.15) is 20.1 Å². The Morgan fingerprint density at radius 1 is 1.23 bits per heavy atom. The molecule has 0 radical (unpaired) electrons. The van der Waals surface area contributed by atoms with Gasteiger partial charge in [-0.25, -0.2) is 4.39 Å². The van der Waals surface area contributed by atoms with Gasteiger partial charge in [0.1, 0.15) is 5.82 Å². The second-order valence-electron chi connectivity index (χ2n) is 4.61. The highest BCUT2D eigenvalue weighted by atomic mass is 79.9. The van der Waals surface area contributed by atoms with Crippen LogP contribution >= 0.6 is 27.3 Å². The zero-order chi connectivity index (χ0) is 16.1. The average Bonchev–Trinajstić information content (AvgIpc) is 2.92. The van der Waals surface area contributed by atoms with E-state index in [-0.39, 0.29) is 30.7 Å². The van der Waals surface area contributed by atoms with Crippen LogP contribution in [0.2, 0.25) is 0 Å². The van der Waals surface area contributed by atoms with Crippen molar-refractivity contribution in [1.29, 1.82) is 0 Å². The second-order valence-corrected chi connectivity index (χ2v) is 6.75. The topological polar surface area (TPSA) is 58.2 Å². The Kier molecular flexibility index (Phi) is 5.68. The van der Waals surface area contributed by atoms with E-state index < -0.39 is 0 Å². The molecule has 116 valence electrons. The molecule has 0 aliphatic carbocycles. The molecule has 0 saturated carbocycles. The minimum Gasteiger partial charge on any atom is -0.350 e. The lowest BCUT2D eigenvalue weighted by Gasteiger charge is -2.08. The van der Waals surface area contributed by atoms with E-state index in [2.05, 4.69) is 26.6 Å². The lowest BCUT2D eigenvalue weighted by molar-refractivity contribution is -0.120. The van der Waals surface area contributed by atoms with Gasteiger partial charge < -0.3 is 10.6 Å². The molecule has 1 aromatic carbocycles. The third kappa shape index (κ3) is 4.64.